The van der Waals surface area contributed by atoms with Gasteiger partial charge in [-0.3, -0.25) is 0 Å². The van der Waals surface area contributed by atoms with Gasteiger partial charge in [0.05, 0.1) is 0 Å². The molecule has 0 saturated carbocycles. The van der Waals surface area contributed by atoms with Crippen LogP contribution in [-0.2, 0) is 0 Å². The molecule has 8 heteroatoms. The van der Waals surface area contributed by atoms with Crippen molar-refractivity contribution in [1.82, 2.24) is 0 Å². The summed E-state index contributed by atoms with van der Waals surface area (Å²) in [6, 6.07) is -3.19. The molecule has 0 aromatic carbocycles. The monoisotopic (exact) mass is 198 g/mol. The fourth-order valence-electron chi connectivity index (χ4n) is 0.283. The van der Waals surface area contributed by atoms with E-state index in [2.05, 4.69) is 0 Å². The van der Waals surface area contributed by atoms with E-state index in [-0.39, 0.29) is 0 Å². The molecule has 0 aromatic heterocycles. The second kappa shape index (κ2) is 2.95. The molecule has 0 aromatic rings. The largest absolute Gasteiger partial charge is 0.616 e. The Balaban J connectivity index is 3.56. The van der Waals surface area contributed by atoms with E-state index in [4.69, 9.17) is 0 Å². The second-order valence-electron chi connectivity index (χ2n) is 1.73. The summed E-state index contributed by atoms with van der Waals surface area (Å²) in [6.07, 6.45) is 0. The first-order valence-corrected chi connectivity index (χ1v) is 6.02. The molecule has 0 nitrogen and oxygen atoms in total. The van der Waals surface area contributed by atoms with E-state index in [0.29, 0.717) is 0 Å². The summed E-state index contributed by atoms with van der Waals surface area (Å²) in [5.41, 5.74) is 0. The van der Waals surface area contributed by atoms with Gasteiger partial charge in [0.25, 0.3) is 0 Å². The molecule has 0 saturated heterocycles. The fourth-order valence-corrected chi connectivity index (χ4v) is 2.55. The quantitative estimate of drug-likeness (QED) is 0.371. The maximum atomic E-state index is 11.2. The highest BCUT2D eigenvalue weighted by Gasteiger charge is 2.45. The molecule has 0 N–H and O–H groups in total. The van der Waals surface area contributed by atoms with Crippen LogP contribution in [0, 0.1) is 0 Å². The molecule has 0 unspecified atom stereocenters. The molecule has 0 spiro atoms. The molecule has 0 radical (unpaired) electrons. The lowest BCUT2D eigenvalue weighted by Crippen LogP contribution is -2.22. The number of hydrogen-bond donors (Lipinski definition) is 0. The summed E-state index contributed by atoms with van der Waals surface area (Å²) in [7, 11) is -11.9. The number of hydrogen-bond acceptors (Lipinski definition) is 0. The van der Waals surface area contributed by atoms with Crippen LogP contribution in [0.25, 0.3) is 0 Å². The maximum absolute atomic E-state index is 11.2. The van der Waals surface area contributed by atoms with Crippen molar-refractivity contribution in [3.63, 3.8) is 0 Å². The highest BCUT2D eigenvalue weighted by atomic mass is 28.5. The minimum absolute atomic E-state index is 1.59. The Morgan fingerprint density at radius 3 is 0.900 bits per heavy atom. The Bertz CT molecular complexity index is 87.3. The van der Waals surface area contributed by atoms with Crippen LogP contribution < -0.4 is 0 Å². The molecule has 0 fully saturated rings. The molecule has 0 rings (SSSR count). The molecule has 10 heavy (non-hydrogen) atoms. The zero-order valence-electron chi connectivity index (χ0n) is 4.68. The Labute approximate surface area is 55.9 Å². The molecule has 0 atom stereocenters. The van der Waals surface area contributed by atoms with Gasteiger partial charge in [-0.1, -0.05) is 0 Å². The molecule has 0 amide bonds. The van der Waals surface area contributed by atoms with Gasteiger partial charge in [0.2, 0.25) is 0 Å². The van der Waals surface area contributed by atoms with E-state index in [1.54, 1.807) is 0 Å². The topological polar surface area (TPSA) is 0 Å². The van der Waals surface area contributed by atoms with E-state index in [9.17, 15) is 24.6 Å². The normalized spacial score (nSPS) is 13.8. The predicted octanol–water partition coefficient (Wildman–Crippen LogP) is 2.68. The third-order valence-corrected chi connectivity index (χ3v) is 2.83. The first-order valence-electron chi connectivity index (χ1n) is 2.34. The van der Waals surface area contributed by atoms with Gasteiger partial charge >= 0.3 is 18.2 Å². The summed E-state index contributed by atoms with van der Waals surface area (Å²) >= 11 is 0. The standard InChI is InChI=1S/C2H4F6Si2/c3-9(4,5)1-2-10(6,7)8/h1-2H2. The van der Waals surface area contributed by atoms with Crippen molar-refractivity contribution >= 4 is 18.2 Å². The van der Waals surface area contributed by atoms with E-state index in [1.807, 2.05) is 0 Å². The van der Waals surface area contributed by atoms with Crippen molar-refractivity contribution in [2.45, 2.75) is 12.1 Å². The zero-order chi connectivity index (χ0) is 8.41. The van der Waals surface area contributed by atoms with Crippen LogP contribution >= 0.6 is 0 Å². The highest BCUT2D eigenvalue weighted by Crippen LogP contribution is 2.25. The molecular formula is C2H4F6Si2. The lowest BCUT2D eigenvalue weighted by molar-refractivity contribution is 0.443. The van der Waals surface area contributed by atoms with Crippen molar-refractivity contribution < 1.29 is 24.6 Å². The van der Waals surface area contributed by atoms with Gasteiger partial charge < -0.3 is 0 Å². The van der Waals surface area contributed by atoms with Gasteiger partial charge in [-0.05, 0) is 0 Å². The summed E-state index contributed by atoms with van der Waals surface area (Å²) < 4.78 is 67.5. The molecule has 0 aliphatic rings. The van der Waals surface area contributed by atoms with Crippen LogP contribution in [0.5, 0.6) is 0 Å². The molecule has 0 heterocycles. The SMILES string of the molecule is F[Si](F)(F)CC[Si](F)(F)F. The van der Waals surface area contributed by atoms with Crippen LogP contribution in [0.2, 0.25) is 12.1 Å². The minimum Gasteiger partial charge on any atom is -0.238 e. The van der Waals surface area contributed by atoms with Gasteiger partial charge in [-0.15, -0.1) is 0 Å². The Hall–Kier alpha value is 0.0138. The van der Waals surface area contributed by atoms with E-state index < -0.39 is 30.2 Å². The summed E-state index contributed by atoms with van der Waals surface area (Å²) in [6.45, 7) is 0. The minimum atomic E-state index is -5.95. The fraction of sp³-hybridized carbons (Fsp3) is 1.00. The summed E-state index contributed by atoms with van der Waals surface area (Å²) in [5, 5.41) is 0. The van der Waals surface area contributed by atoms with Crippen LogP contribution in [0.4, 0.5) is 24.6 Å². The van der Waals surface area contributed by atoms with Crippen molar-refractivity contribution in [2.24, 2.45) is 0 Å². The number of halogens is 6. The Morgan fingerprint density at radius 1 is 0.600 bits per heavy atom. The molecule has 0 aliphatic carbocycles. The van der Waals surface area contributed by atoms with Crippen LogP contribution in [0.15, 0.2) is 0 Å². The van der Waals surface area contributed by atoms with E-state index in [1.165, 1.54) is 0 Å². The average molecular weight is 198 g/mol. The lowest BCUT2D eigenvalue weighted by Gasteiger charge is -2.02. The van der Waals surface area contributed by atoms with Gasteiger partial charge in [-0.25, -0.2) is 24.6 Å². The van der Waals surface area contributed by atoms with E-state index >= 15 is 0 Å². The first-order chi connectivity index (χ1) is 4.21. The first kappa shape index (κ1) is 10.0. The van der Waals surface area contributed by atoms with Crippen LogP contribution in [-0.4, -0.2) is 18.2 Å². The maximum Gasteiger partial charge on any atom is 0.616 e. The highest BCUT2D eigenvalue weighted by molar-refractivity contribution is 6.64. The average Bonchev–Trinajstić information content (AvgIpc) is 1.57. The van der Waals surface area contributed by atoms with Crippen molar-refractivity contribution in [2.75, 3.05) is 0 Å². The van der Waals surface area contributed by atoms with Crippen molar-refractivity contribution in [1.29, 1.82) is 0 Å². The van der Waals surface area contributed by atoms with Gasteiger partial charge in [-0.2, -0.15) is 0 Å². The van der Waals surface area contributed by atoms with Crippen molar-refractivity contribution in [3.05, 3.63) is 0 Å². The Morgan fingerprint density at radius 2 is 0.800 bits per heavy atom. The van der Waals surface area contributed by atoms with Gasteiger partial charge in [0.1, 0.15) is 0 Å². The van der Waals surface area contributed by atoms with E-state index in [0.717, 1.165) is 0 Å². The zero-order valence-corrected chi connectivity index (χ0v) is 6.68. The third-order valence-electron chi connectivity index (χ3n) is 0.692. The number of rotatable bonds is 3. The predicted molar refractivity (Wildman–Crippen MR) is 27.8 cm³/mol. The smallest absolute Gasteiger partial charge is 0.238 e. The van der Waals surface area contributed by atoms with Gasteiger partial charge in [0.15, 0.2) is 0 Å². The molecule has 0 bridgehead atoms. The molecule has 0 aliphatic heterocycles. The van der Waals surface area contributed by atoms with Crippen molar-refractivity contribution in [3.8, 4) is 0 Å². The Kier molecular flexibility index (Phi) is 2.95. The molecule has 62 valence electrons. The summed E-state index contributed by atoms with van der Waals surface area (Å²) in [5.74, 6) is 0. The van der Waals surface area contributed by atoms with Crippen LogP contribution in [0.1, 0.15) is 0 Å². The second-order valence-corrected chi connectivity index (χ2v) is 5.19. The van der Waals surface area contributed by atoms with Crippen LogP contribution in [0.3, 0.4) is 0 Å². The summed E-state index contributed by atoms with van der Waals surface area (Å²) in [4.78, 5) is 0. The third kappa shape index (κ3) is 8.01. The van der Waals surface area contributed by atoms with Gasteiger partial charge in [0, 0.05) is 12.1 Å². The lowest BCUT2D eigenvalue weighted by atomic mass is 11.0. The molecular weight excluding hydrogens is 194 g/mol.